The van der Waals surface area contributed by atoms with Gasteiger partial charge in [-0.15, -0.1) is 0 Å². The molecule has 0 amide bonds. The fraction of sp³-hybridized carbons (Fsp3) is 0.286. The number of imidazole rings is 1. The molecular weight excluding hydrogens is 345 g/mol. The lowest BCUT2D eigenvalue weighted by atomic mass is 9.98. The molecular formula is C14H12ClF3N6. The summed E-state index contributed by atoms with van der Waals surface area (Å²) in [6.07, 6.45) is -2.13. The first kappa shape index (κ1) is 16.4. The summed E-state index contributed by atoms with van der Waals surface area (Å²) < 4.78 is 41.4. The van der Waals surface area contributed by atoms with Gasteiger partial charge in [0.25, 0.3) is 0 Å². The third-order valence-corrected chi connectivity index (χ3v) is 3.64. The smallest absolute Gasteiger partial charge is 0.382 e. The van der Waals surface area contributed by atoms with E-state index in [1.54, 1.807) is 13.8 Å². The summed E-state index contributed by atoms with van der Waals surface area (Å²) in [6, 6.07) is 1.47. The van der Waals surface area contributed by atoms with Crippen LogP contribution in [0.15, 0.2) is 18.6 Å². The highest BCUT2D eigenvalue weighted by Gasteiger charge is 2.37. The highest BCUT2D eigenvalue weighted by atomic mass is 35.5. The Morgan fingerprint density at radius 3 is 2.54 bits per heavy atom. The van der Waals surface area contributed by atoms with E-state index in [9.17, 15) is 13.2 Å². The van der Waals surface area contributed by atoms with Crippen LogP contribution in [-0.4, -0.2) is 24.5 Å². The zero-order valence-electron chi connectivity index (χ0n) is 12.6. The molecule has 0 saturated carbocycles. The lowest BCUT2D eigenvalue weighted by Gasteiger charge is -2.19. The maximum absolute atomic E-state index is 13.3. The van der Waals surface area contributed by atoms with Crippen LogP contribution in [0.4, 0.5) is 19.0 Å². The van der Waals surface area contributed by atoms with E-state index in [1.807, 2.05) is 0 Å². The molecule has 0 aromatic carbocycles. The van der Waals surface area contributed by atoms with Crippen molar-refractivity contribution in [2.45, 2.75) is 25.9 Å². The molecule has 0 aliphatic heterocycles. The number of nitrogen functional groups attached to an aromatic ring is 1. The predicted molar refractivity (Wildman–Crippen MR) is 83.0 cm³/mol. The second kappa shape index (κ2) is 5.59. The molecule has 0 bridgehead atoms. The van der Waals surface area contributed by atoms with Crippen LogP contribution in [0, 0.1) is 0 Å². The van der Waals surface area contributed by atoms with Crippen LogP contribution in [0.1, 0.15) is 31.0 Å². The van der Waals surface area contributed by atoms with Gasteiger partial charge in [0, 0.05) is 11.8 Å². The highest BCUT2D eigenvalue weighted by molar-refractivity contribution is 6.28. The van der Waals surface area contributed by atoms with Crippen LogP contribution in [0.3, 0.4) is 0 Å². The van der Waals surface area contributed by atoms with Gasteiger partial charge in [-0.2, -0.15) is 23.1 Å². The molecule has 0 unspecified atom stereocenters. The average molecular weight is 357 g/mol. The minimum absolute atomic E-state index is 0.0395. The Hall–Kier alpha value is -2.42. The second-order valence-electron chi connectivity index (χ2n) is 5.41. The van der Waals surface area contributed by atoms with Crippen LogP contribution >= 0.6 is 11.6 Å². The second-order valence-corrected chi connectivity index (χ2v) is 5.75. The van der Waals surface area contributed by atoms with Crippen molar-refractivity contribution in [3.63, 3.8) is 0 Å². The van der Waals surface area contributed by atoms with E-state index in [-0.39, 0.29) is 33.5 Å². The molecule has 6 nitrogen and oxygen atoms in total. The summed E-state index contributed by atoms with van der Waals surface area (Å²) in [5.74, 6) is -0.377. The van der Waals surface area contributed by atoms with Gasteiger partial charge in [0.2, 0.25) is 5.28 Å². The average Bonchev–Trinajstić information content (AvgIpc) is 2.89. The van der Waals surface area contributed by atoms with Gasteiger partial charge in [-0.05, 0) is 23.6 Å². The summed E-state index contributed by atoms with van der Waals surface area (Å²) in [6.45, 7) is 3.32. The Balaban J connectivity index is 2.35. The molecule has 0 fully saturated rings. The Morgan fingerprint density at radius 2 is 1.92 bits per heavy atom. The molecule has 24 heavy (non-hydrogen) atoms. The molecule has 126 valence electrons. The quantitative estimate of drug-likeness (QED) is 0.709. The van der Waals surface area contributed by atoms with Crippen LogP contribution in [0.5, 0.6) is 0 Å². The molecule has 0 aliphatic rings. The number of halogens is 4. The van der Waals surface area contributed by atoms with Crippen molar-refractivity contribution >= 4 is 28.6 Å². The molecule has 3 heterocycles. The maximum atomic E-state index is 13.3. The van der Waals surface area contributed by atoms with Gasteiger partial charge in [0.05, 0.1) is 5.69 Å². The first-order valence-electron chi connectivity index (χ1n) is 6.92. The van der Waals surface area contributed by atoms with Crippen molar-refractivity contribution < 1.29 is 13.2 Å². The van der Waals surface area contributed by atoms with Gasteiger partial charge >= 0.3 is 6.18 Å². The standard InChI is InChI=1S/C14H12ClF3N6/c1-6(2)8-7(3-4-20-10(8)14(16,17)18)24-5-21-9-11(19)22-13(15)23-12(9)24/h3-6H,1-2H3,(H2,19,22,23). The Bertz CT molecular complexity index is 919. The number of nitrogens with zero attached hydrogens (tertiary/aromatic N) is 5. The van der Waals surface area contributed by atoms with Crippen LogP contribution in [0.2, 0.25) is 5.28 Å². The fourth-order valence-corrected chi connectivity index (χ4v) is 2.71. The Morgan fingerprint density at radius 1 is 1.21 bits per heavy atom. The number of alkyl halides is 3. The van der Waals surface area contributed by atoms with Crippen molar-refractivity contribution in [1.82, 2.24) is 24.5 Å². The summed E-state index contributed by atoms with van der Waals surface area (Å²) in [5.41, 5.74) is 5.60. The molecule has 3 rings (SSSR count). The molecule has 0 saturated heterocycles. The number of rotatable bonds is 2. The highest BCUT2D eigenvalue weighted by Crippen LogP contribution is 2.37. The van der Waals surface area contributed by atoms with E-state index < -0.39 is 17.8 Å². The molecule has 10 heteroatoms. The van der Waals surface area contributed by atoms with Crippen molar-refractivity contribution in [3.05, 3.63) is 35.1 Å². The number of aromatic nitrogens is 5. The van der Waals surface area contributed by atoms with Gasteiger partial charge in [-0.3, -0.25) is 9.55 Å². The molecule has 0 spiro atoms. The number of nitrogens with two attached hydrogens (primary N) is 1. The number of hydrogen-bond acceptors (Lipinski definition) is 5. The van der Waals surface area contributed by atoms with Crippen molar-refractivity contribution in [2.75, 3.05) is 5.73 Å². The largest absolute Gasteiger partial charge is 0.433 e. The van der Waals surface area contributed by atoms with Gasteiger partial charge in [0.15, 0.2) is 17.0 Å². The van der Waals surface area contributed by atoms with Crippen LogP contribution in [0.25, 0.3) is 16.9 Å². The van der Waals surface area contributed by atoms with Gasteiger partial charge < -0.3 is 5.73 Å². The third-order valence-electron chi connectivity index (χ3n) is 3.47. The Kier molecular flexibility index (Phi) is 3.83. The molecule has 0 atom stereocenters. The summed E-state index contributed by atoms with van der Waals surface area (Å²) >= 11 is 5.81. The van der Waals surface area contributed by atoms with Crippen LogP contribution < -0.4 is 5.73 Å². The van der Waals surface area contributed by atoms with Crippen molar-refractivity contribution in [1.29, 1.82) is 0 Å². The van der Waals surface area contributed by atoms with Gasteiger partial charge in [0.1, 0.15) is 12.0 Å². The SMILES string of the molecule is CC(C)c1c(-n2cnc3c(N)nc(Cl)nc32)ccnc1C(F)(F)F. The van der Waals surface area contributed by atoms with Crippen LogP contribution in [-0.2, 0) is 6.18 Å². The molecule has 3 aromatic rings. The Labute approximate surface area is 139 Å². The van der Waals surface area contributed by atoms with Crippen molar-refractivity contribution in [3.8, 4) is 5.69 Å². The van der Waals surface area contributed by atoms with E-state index in [0.29, 0.717) is 0 Å². The number of hydrogen-bond donors (Lipinski definition) is 1. The monoisotopic (exact) mass is 356 g/mol. The normalized spacial score (nSPS) is 12.3. The van der Waals surface area contributed by atoms with E-state index >= 15 is 0 Å². The van der Waals surface area contributed by atoms with Crippen molar-refractivity contribution in [2.24, 2.45) is 0 Å². The van der Waals surface area contributed by atoms with E-state index in [2.05, 4.69) is 19.9 Å². The summed E-state index contributed by atoms with van der Waals surface area (Å²) in [5, 5.41) is -0.113. The fourth-order valence-electron chi connectivity index (χ4n) is 2.54. The minimum atomic E-state index is -4.57. The summed E-state index contributed by atoms with van der Waals surface area (Å²) in [4.78, 5) is 15.4. The molecule has 2 N–H and O–H groups in total. The number of pyridine rings is 1. The predicted octanol–water partition coefficient (Wildman–Crippen LogP) is 3.59. The topological polar surface area (TPSA) is 82.5 Å². The van der Waals surface area contributed by atoms with Gasteiger partial charge in [-0.25, -0.2) is 4.98 Å². The first-order chi connectivity index (χ1) is 11.2. The third kappa shape index (κ3) is 2.64. The van der Waals surface area contributed by atoms with E-state index in [4.69, 9.17) is 17.3 Å². The molecule has 0 aliphatic carbocycles. The first-order valence-corrected chi connectivity index (χ1v) is 7.30. The molecule has 0 radical (unpaired) electrons. The van der Waals surface area contributed by atoms with E-state index in [1.165, 1.54) is 17.0 Å². The molecule has 3 aromatic heterocycles. The van der Waals surface area contributed by atoms with Gasteiger partial charge in [-0.1, -0.05) is 13.8 Å². The number of fused-ring (bicyclic) bond motifs is 1. The lowest BCUT2D eigenvalue weighted by molar-refractivity contribution is -0.142. The number of anilines is 1. The van der Waals surface area contributed by atoms with E-state index in [0.717, 1.165) is 6.20 Å². The zero-order valence-corrected chi connectivity index (χ0v) is 13.4. The minimum Gasteiger partial charge on any atom is -0.382 e. The maximum Gasteiger partial charge on any atom is 0.433 e. The summed E-state index contributed by atoms with van der Waals surface area (Å²) in [7, 11) is 0. The zero-order chi connectivity index (χ0) is 17.6. The lowest BCUT2D eigenvalue weighted by Crippen LogP contribution is -2.15.